The fraction of sp³-hybridized carbons (Fsp3) is 0.417. The van der Waals surface area contributed by atoms with E-state index in [9.17, 15) is 18.4 Å². The van der Waals surface area contributed by atoms with Gasteiger partial charge in [-0.2, -0.15) is 0 Å². The van der Waals surface area contributed by atoms with Gasteiger partial charge in [-0.3, -0.25) is 15.1 Å². The first-order valence-electron chi connectivity index (χ1n) is 11.5. The highest BCUT2D eigenvalue weighted by molar-refractivity contribution is 5.90. The maximum absolute atomic E-state index is 15.1. The van der Waals surface area contributed by atoms with Gasteiger partial charge in [-0.25, -0.2) is 23.0 Å². The number of carbonyl (C=O) groups is 2. The summed E-state index contributed by atoms with van der Waals surface area (Å²) in [6.07, 6.45) is -4.81. The molecule has 2 aliphatic heterocycles. The van der Waals surface area contributed by atoms with Crippen molar-refractivity contribution in [1.82, 2.24) is 10.4 Å². The van der Waals surface area contributed by atoms with E-state index in [-0.39, 0.29) is 19.4 Å². The number of cyclic esters (lactones) is 1. The molecule has 1 atom stereocenters. The second kappa shape index (κ2) is 11.0. The monoisotopic (exact) mass is 491 g/mol. The van der Waals surface area contributed by atoms with E-state index < -0.39 is 30.2 Å². The van der Waals surface area contributed by atoms with Gasteiger partial charge >= 0.3 is 6.09 Å². The SMILES string of the molecule is Nc1ccc(CN2CCN(c3ccc(N4C[C@H](CCC(=O)C(F)F)OC4=O)cc3F)CCN2)cc1. The number of nitrogens with two attached hydrogens (primary N) is 1. The Bertz CT molecular complexity index is 1050. The van der Waals surface area contributed by atoms with E-state index >= 15 is 4.39 Å². The van der Waals surface area contributed by atoms with E-state index in [4.69, 9.17) is 10.5 Å². The third-order valence-electron chi connectivity index (χ3n) is 6.12. The van der Waals surface area contributed by atoms with Crippen molar-refractivity contribution in [3.8, 4) is 0 Å². The van der Waals surface area contributed by atoms with E-state index in [2.05, 4.69) is 10.4 Å². The predicted molar refractivity (Wildman–Crippen MR) is 126 cm³/mol. The van der Waals surface area contributed by atoms with Crippen molar-refractivity contribution in [2.75, 3.05) is 48.3 Å². The fourth-order valence-corrected chi connectivity index (χ4v) is 4.21. The molecule has 2 aromatic carbocycles. The van der Waals surface area contributed by atoms with E-state index in [1.165, 1.54) is 11.0 Å². The zero-order chi connectivity index (χ0) is 24.9. The third kappa shape index (κ3) is 6.23. The molecule has 2 aromatic rings. The first-order chi connectivity index (χ1) is 16.8. The number of nitrogen functional groups attached to an aromatic ring is 1. The van der Waals surface area contributed by atoms with Gasteiger partial charge in [-0.15, -0.1) is 0 Å². The molecule has 11 heteroatoms. The fourth-order valence-electron chi connectivity index (χ4n) is 4.21. The van der Waals surface area contributed by atoms with Crippen LogP contribution >= 0.6 is 0 Å². The minimum Gasteiger partial charge on any atom is -0.444 e. The second-order valence-electron chi connectivity index (χ2n) is 8.62. The lowest BCUT2D eigenvalue weighted by Crippen LogP contribution is -2.38. The average molecular weight is 492 g/mol. The maximum Gasteiger partial charge on any atom is 0.414 e. The molecule has 0 aromatic heterocycles. The quantitative estimate of drug-likeness (QED) is 0.548. The van der Waals surface area contributed by atoms with Gasteiger partial charge < -0.3 is 15.4 Å². The highest BCUT2D eigenvalue weighted by Gasteiger charge is 2.33. The number of hydrogen-bond donors (Lipinski definition) is 2. The lowest BCUT2D eigenvalue weighted by Gasteiger charge is -2.24. The number of halogens is 3. The molecular weight excluding hydrogens is 463 g/mol. The minimum atomic E-state index is -3.04. The van der Waals surface area contributed by atoms with Crippen molar-refractivity contribution in [2.24, 2.45) is 0 Å². The predicted octanol–water partition coefficient (Wildman–Crippen LogP) is 3.17. The van der Waals surface area contributed by atoms with Gasteiger partial charge in [-0.1, -0.05) is 12.1 Å². The molecule has 2 aliphatic rings. The molecule has 0 radical (unpaired) electrons. The number of ether oxygens (including phenoxy) is 1. The van der Waals surface area contributed by atoms with Crippen LogP contribution in [0, 0.1) is 5.82 Å². The Balaban J connectivity index is 1.35. The Morgan fingerprint density at radius 1 is 1.14 bits per heavy atom. The Morgan fingerprint density at radius 2 is 1.91 bits per heavy atom. The summed E-state index contributed by atoms with van der Waals surface area (Å²) in [5.41, 5.74) is 11.7. The van der Waals surface area contributed by atoms with Crippen LogP contribution in [0.25, 0.3) is 0 Å². The van der Waals surface area contributed by atoms with Crippen molar-refractivity contribution in [3.63, 3.8) is 0 Å². The third-order valence-corrected chi connectivity index (χ3v) is 6.12. The number of alkyl halides is 2. The van der Waals surface area contributed by atoms with Gasteiger partial charge in [0.25, 0.3) is 6.43 Å². The Kier molecular flexibility index (Phi) is 7.76. The number of amides is 1. The number of Topliss-reactive ketones (excluding diaryl/α,β-unsaturated/α-hetero) is 1. The Hall–Kier alpha value is -3.31. The van der Waals surface area contributed by atoms with Crippen LogP contribution in [0.5, 0.6) is 0 Å². The maximum atomic E-state index is 15.1. The number of anilines is 3. The molecular formula is C24H28F3N5O3. The van der Waals surface area contributed by atoms with Gasteiger partial charge in [0, 0.05) is 44.8 Å². The molecule has 0 aliphatic carbocycles. The number of carbonyl (C=O) groups excluding carboxylic acids is 2. The van der Waals surface area contributed by atoms with Crippen LogP contribution in [-0.2, 0) is 16.1 Å². The van der Waals surface area contributed by atoms with Crippen molar-refractivity contribution >= 4 is 28.9 Å². The summed E-state index contributed by atoms with van der Waals surface area (Å²) in [5, 5.41) is 2.08. The topological polar surface area (TPSA) is 91.1 Å². The average Bonchev–Trinajstić information content (AvgIpc) is 3.05. The van der Waals surface area contributed by atoms with Crippen LogP contribution in [0.4, 0.5) is 35.0 Å². The molecule has 1 amide bonds. The van der Waals surface area contributed by atoms with Gasteiger partial charge in [-0.05, 0) is 42.3 Å². The summed E-state index contributed by atoms with van der Waals surface area (Å²) in [4.78, 5) is 26.6. The standard InChI is InChI=1S/C24H28F3N5O3/c25-20-13-18(32-15-19(35-24(32)34)6-8-22(33)23(26)27)5-7-21(20)30-10-9-29-31(12-11-30)14-16-1-3-17(28)4-2-16/h1-5,7,13,19,23,29H,6,8-12,14-15,28H2/t19-/m0/s1. The number of hydrogen-bond acceptors (Lipinski definition) is 7. The van der Waals surface area contributed by atoms with Crippen molar-refractivity contribution < 1.29 is 27.5 Å². The van der Waals surface area contributed by atoms with E-state index in [1.807, 2.05) is 29.2 Å². The molecule has 0 bridgehead atoms. The molecule has 2 fully saturated rings. The zero-order valence-electron chi connectivity index (χ0n) is 19.1. The lowest BCUT2D eigenvalue weighted by atomic mass is 10.1. The van der Waals surface area contributed by atoms with Crippen LogP contribution < -0.4 is 21.0 Å². The summed E-state index contributed by atoms with van der Waals surface area (Å²) in [7, 11) is 0. The summed E-state index contributed by atoms with van der Waals surface area (Å²) < 4.78 is 45.0. The summed E-state index contributed by atoms with van der Waals surface area (Å²) >= 11 is 0. The Labute approximate surface area is 201 Å². The Morgan fingerprint density at radius 3 is 2.63 bits per heavy atom. The van der Waals surface area contributed by atoms with Gasteiger partial charge in [0.15, 0.2) is 5.78 Å². The van der Waals surface area contributed by atoms with E-state index in [1.54, 1.807) is 12.1 Å². The highest BCUT2D eigenvalue weighted by Crippen LogP contribution is 2.29. The number of nitrogens with zero attached hydrogens (tertiary/aromatic N) is 3. The summed E-state index contributed by atoms with van der Waals surface area (Å²) in [6.45, 7) is 3.26. The van der Waals surface area contributed by atoms with Crippen LogP contribution in [0.1, 0.15) is 18.4 Å². The molecule has 0 saturated carbocycles. The van der Waals surface area contributed by atoms with Crippen LogP contribution in [0.2, 0.25) is 0 Å². The van der Waals surface area contributed by atoms with Gasteiger partial charge in [0.1, 0.15) is 11.9 Å². The number of hydrazine groups is 1. The van der Waals surface area contributed by atoms with Crippen molar-refractivity contribution in [3.05, 3.63) is 53.8 Å². The number of rotatable bonds is 8. The molecule has 2 saturated heterocycles. The lowest BCUT2D eigenvalue weighted by molar-refractivity contribution is -0.129. The van der Waals surface area contributed by atoms with E-state index in [0.717, 1.165) is 5.56 Å². The highest BCUT2D eigenvalue weighted by atomic mass is 19.3. The number of benzene rings is 2. The van der Waals surface area contributed by atoms with E-state index in [0.29, 0.717) is 49.8 Å². The van der Waals surface area contributed by atoms with Crippen LogP contribution in [0.15, 0.2) is 42.5 Å². The van der Waals surface area contributed by atoms with Crippen LogP contribution in [-0.4, -0.2) is 62.1 Å². The molecule has 4 rings (SSSR count). The molecule has 3 N–H and O–H groups in total. The zero-order valence-corrected chi connectivity index (χ0v) is 19.1. The molecule has 8 nitrogen and oxygen atoms in total. The molecule has 188 valence electrons. The van der Waals surface area contributed by atoms with Crippen LogP contribution in [0.3, 0.4) is 0 Å². The summed E-state index contributed by atoms with van der Waals surface area (Å²) in [5.74, 6) is -1.66. The minimum absolute atomic E-state index is 0.000374. The number of ketones is 1. The molecule has 35 heavy (non-hydrogen) atoms. The van der Waals surface area contributed by atoms with Crippen molar-refractivity contribution in [1.29, 1.82) is 0 Å². The van der Waals surface area contributed by atoms with Gasteiger partial charge in [0.05, 0.1) is 17.9 Å². The largest absolute Gasteiger partial charge is 0.444 e. The second-order valence-corrected chi connectivity index (χ2v) is 8.62. The smallest absolute Gasteiger partial charge is 0.414 e. The van der Waals surface area contributed by atoms with Gasteiger partial charge in [0.2, 0.25) is 0 Å². The normalized spacial score (nSPS) is 19.2. The molecule has 0 unspecified atom stereocenters. The van der Waals surface area contributed by atoms with Crippen molar-refractivity contribution in [2.45, 2.75) is 31.9 Å². The first kappa shape index (κ1) is 24.8. The summed E-state index contributed by atoms with van der Waals surface area (Å²) in [6, 6.07) is 12.2. The first-order valence-corrected chi connectivity index (χ1v) is 11.5. The number of nitrogens with one attached hydrogen (secondary N) is 1. The molecule has 2 heterocycles. The molecule has 0 spiro atoms.